The molecule has 0 N–H and O–H groups in total. The molecule has 1 aliphatic carbocycles. The standard InChI is InChI=1S/C15H25NO/c1-3-5-6-7-8-9-10-13-16(4-2)15(17)14-11-12-14/h4,9-10,14H,2-3,5-8,11-13H2,1H3/b10-9-. The zero-order chi connectivity index (χ0) is 12.5. The molecule has 1 rings (SSSR count). The summed E-state index contributed by atoms with van der Waals surface area (Å²) in [6.45, 7) is 6.61. The Hall–Kier alpha value is -1.05. The molecule has 1 amide bonds. The van der Waals surface area contributed by atoms with Crippen molar-refractivity contribution in [2.75, 3.05) is 6.54 Å². The summed E-state index contributed by atoms with van der Waals surface area (Å²) in [6.07, 6.45) is 14.4. The predicted molar refractivity (Wildman–Crippen MR) is 72.5 cm³/mol. The van der Waals surface area contributed by atoms with Crippen molar-refractivity contribution in [3.05, 3.63) is 24.9 Å². The highest BCUT2D eigenvalue weighted by Crippen LogP contribution is 2.30. The molecular formula is C15H25NO. The zero-order valence-corrected chi connectivity index (χ0v) is 11.0. The van der Waals surface area contributed by atoms with Gasteiger partial charge in [-0.05, 0) is 31.9 Å². The molecular weight excluding hydrogens is 210 g/mol. The summed E-state index contributed by atoms with van der Waals surface area (Å²) >= 11 is 0. The average molecular weight is 235 g/mol. The number of carbonyl (C=O) groups excluding carboxylic acids is 1. The Labute approximate surface area is 105 Å². The van der Waals surface area contributed by atoms with Crippen LogP contribution in [0.2, 0.25) is 0 Å². The second-order valence-electron chi connectivity index (χ2n) is 4.77. The van der Waals surface area contributed by atoms with Gasteiger partial charge in [0, 0.05) is 12.5 Å². The highest BCUT2D eigenvalue weighted by Gasteiger charge is 2.32. The van der Waals surface area contributed by atoms with Gasteiger partial charge in [0.2, 0.25) is 5.91 Å². The Morgan fingerprint density at radius 3 is 2.65 bits per heavy atom. The van der Waals surface area contributed by atoms with Crippen molar-refractivity contribution in [3.8, 4) is 0 Å². The lowest BCUT2D eigenvalue weighted by atomic mass is 10.1. The largest absolute Gasteiger partial charge is 0.316 e. The molecule has 0 aromatic rings. The fourth-order valence-electron chi connectivity index (χ4n) is 1.81. The topological polar surface area (TPSA) is 20.3 Å². The molecule has 1 fully saturated rings. The van der Waals surface area contributed by atoms with Crippen molar-refractivity contribution < 1.29 is 4.79 Å². The first kappa shape index (κ1) is 14.0. The van der Waals surface area contributed by atoms with Crippen molar-refractivity contribution in [2.45, 2.75) is 51.9 Å². The second kappa shape index (κ2) is 8.10. The van der Waals surface area contributed by atoms with Gasteiger partial charge in [0.05, 0.1) is 0 Å². The Morgan fingerprint density at radius 2 is 2.06 bits per heavy atom. The molecule has 0 unspecified atom stereocenters. The summed E-state index contributed by atoms with van der Waals surface area (Å²) in [7, 11) is 0. The van der Waals surface area contributed by atoms with E-state index in [9.17, 15) is 4.79 Å². The number of nitrogens with zero attached hydrogens (tertiary/aromatic N) is 1. The van der Waals surface area contributed by atoms with Crippen molar-refractivity contribution >= 4 is 5.91 Å². The molecule has 1 saturated carbocycles. The molecule has 2 nitrogen and oxygen atoms in total. The van der Waals surface area contributed by atoms with Gasteiger partial charge in [0.1, 0.15) is 0 Å². The average Bonchev–Trinajstić information content (AvgIpc) is 3.16. The third-order valence-corrected chi connectivity index (χ3v) is 3.12. The monoisotopic (exact) mass is 235 g/mol. The number of allylic oxidation sites excluding steroid dienone is 1. The van der Waals surface area contributed by atoms with Gasteiger partial charge in [-0.25, -0.2) is 0 Å². The fourth-order valence-corrected chi connectivity index (χ4v) is 1.81. The first-order chi connectivity index (χ1) is 8.29. The molecule has 0 radical (unpaired) electrons. The molecule has 0 atom stereocenters. The summed E-state index contributed by atoms with van der Waals surface area (Å²) in [6, 6.07) is 0. The number of carbonyl (C=O) groups is 1. The van der Waals surface area contributed by atoms with Gasteiger partial charge in [-0.15, -0.1) is 0 Å². The molecule has 0 bridgehead atoms. The minimum atomic E-state index is 0.246. The van der Waals surface area contributed by atoms with Gasteiger partial charge in [-0.3, -0.25) is 4.79 Å². The van der Waals surface area contributed by atoms with E-state index in [0.29, 0.717) is 6.54 Å². The third-order valence-electron chi connectivity index (χ3n) is 3.12. The first-order valence-electron chi connectivity index (χ1n) is 6.87. The van der Waals surface area contributed by atoms with Crippen LogP contribution in [0.3, 0.4) is 0 Å². The van der Waals surface area contributed by atoms with E-state index in [1.807, 2.05) is 0 Å². The molecule has 96 valence electrons. The van der Waals surface area contributed by atoms with Crippen molar-refractivity contribution in [1.29, 1.82) is 0 Å². The lowest BCUT2D eigenvalue weighted by molar-refractivity contribution is -0.129. The Bertz CT molecular complexity index is 266. The van der Waals surface area contributed by atoms with Crippen LogP contribution in [0.5, 0.6) is 0 Å². The molecule has 1 aliphatic rings. The highest BCUT2D eigenvalue weighted by atomic mass is 16.2. The lowest BCUT2D eigenvalue weighted by Gasteiger charge is -2.15. The van der Waals surface area contributed by atoms with E-state index >= 15 is 0 Å². The number of hydrogen-bond acceptors (Lipinski definition) is 1. The number of amides is 1. The van der Waals surface area contributed by atoms with E-state index in [0.717, 1.165) is 19.3 Å². The zero-order valence-electron chi connectivity index (χ0n) is 11.0. The van der Waals surface area contributed by atoms with Crippen LogP contribution in [0.25, 0.3) is 0 Å². The first-order valence-corrected chi connectivity index (χ1v) is 6.87. The normalized spacial score (nSPS) is 15.1. The van der Waals surface area contributed by atoms with Gasteiger partial charge >= 0.3 is 0 Å². The fraction of sp³-hybridized carbons (Fsp3) is 0.667. The van der Waals surface area contributed by atoms with Crippen molar-refractivity contribution in [3.63, 3.8) is 0 Å². The summed E-state index contributed by atoms with van der Waals surface area (Å²) in [5.41, 5.74) is 0. The van der Waals surface area contributed by atoms with Gasteiger partial charge in [0.15, 0.2) is 0 Å². The molecule has 0 spiro atoms. The van der Waals surface area contributed by atoms with Crippen LogP contribution in [0.1, 0.15) is 51.9 Å². The smallest absolute Gasteiger partial charge is 0.229 e. The van der Waals surface area contributed by atoms with E-state index in [1.54, 1.807) is 11.1 Å². The van der Waals surface area contributed by atoms with Gasteiger partial charge in [-0.1, -0.05) is 44.9 Å². The van der Waals surface area contributed by atoms with E-state index in [4.69, 9.17) is 0 Å². The summed E-state index contributed by atoms with van der Waals surface area (Å²) < 4.78 is 0. The quantitative estimate of drug-likeness (QED) is 0.438. The Balaban J connectivity index is 2.11. The summed E-state index contributed by atoms with van der Waals surface area (Å²) in [5.74, 6) is 0.529. The predicted octanol–water partition coefficient (Wildman–Crippen LogP) is 3.90. The summed E-state index contributed by atoms with van der Waals surface area (Å²) in [4.78, 5) is 13.5. The van der Waals surface area contributed by atoms with E-state index < -0.39 is 0 Å². The van der Waals surface area contributed by atoms with Crippen molar-refractivity contribution in [1.82, 2.24) is 4.90 Å². The number of hydrogen-bond donors (Lipinski definition) is 0. The van der Waals surface area contributed by atoms with Crippen LogP contribution in [-0.2, 0) is 4.79 Å². The molecule has 0 aliphatic heterocycles. The van der Waals surface area contributed by atoms with E-state index in [-0.39, 0.29) is 11.8 Å². The molecule has 17 heavy (non-hydrogen) atoms. The van der Waals surface area contributed by atoms with Crippen LogP contribution in [0, 0.1) is 5.92 Å². The van der Waals surface area contributed by atoms with Gasteiger partial charge < -0.3 is 4.90 Å². The molecule has 0 saturated heterocycles. The molecule has 0 aromatic heterocycles. The molecule has 0 heterocycles. The van der Waals surface area contributed by atoms with Crippen LogP contribution >= 0.6 is 0 Å². The molecule has 2 heteroatoms. The number of rotatable bonds is 9. The lowest BCUT2D eigenvalue weighted by Crippen LogP contribution is -2.26. The van der Waals surface area contributed by atoms with E-state index in [2.05, 4.69) is 25.7 Å². The van der Waals surface area contributed by atoms with E-state index in [1.165, 1.54) is 25.7 Å². The van der Waals surface area contributed by atoms with Crippen LogP contribution in [-0.4, -0.2) is 17.4 Å². The van der Waals surface area contributed by atoms with Gasteiger partial charge in [-0.2, -0.15) is 0 Å². The highest BCUT2D eigenvalue weighted by molar-refractivity contribution is 5.82. The summed E-state index contributed by atoms with van der Waals surface area (Å²) in [5, 5.41) is 0. The van der Waals surface area contributed by atoms with Crippen LogP contribution in [0.4, 0.5) is 0 Å². The second-order valence-corrected chi connectivity index (χ2v) is 4.77. The maximum Gasteiger partial charge on any atom is 0.229 e. The third kappa shape index (κ3) is 5.71. The van der Waals surface area contributed by atoms with Crippen LogP contribution in [0.15, 0.2) is 24.9 Å². The minimum absolute atomic E-state index is 0.246. The maximum atomic E-state index is 11.8. The molecule has 0 aromatic carbocycles. The maximum absolute atomic E-state index is 11.8. The SMILES string of the molecule is C=CN(C/C=C\CCCCCC)C(=O)C1CC1. The Kier molecular flexibility index (Phi) is 6.68. The van der Waals surface area contributed by atoms with Crippen LogP contribution < -0.4 is 0 Å². The van der Waals surface area contributed by atoms with Crippen molar-refractivity contribution in [2.24, 2.45) is 5.92 Å². The number of unbranched alkanes of at least 4 members (excludes halogenated alkanes) is 4. The van der Waals surface area contributed by atoms with Gasteiger partial charge in [0.25, 0.3) is 0 Å². The minimum Gasteiger partial charge on any atom is -0.316 e. The Morgan fingerprint density at radius 1 is 1.29 bits per heavy atom.